The summed E-state index contributed by atoms with van der Waals surface area (Å²) in [5, 5.41) is 12.3. The van der Waals surface area contributed by atoms with Gasteiger partial charge in [-0.2, -0.15) is 5.26 Å². The fourth-order valence-corrected chi connectivity index (χ4v) is 8.58. The topological polar surface area (TPSA) is 73.2 Å². The first-order valence-corrected chi connectivity index (χ1v) is 12.9. The van der Waals surface area contributed by atoms with Crippen LogP contribution < -0.4 is 5.32 Å². The third kappa shape index (κ3) is 3.40. The van der Waals surface area contributed by atoms with E-state index >= 15 is 0 Å². The van der Waals surface area contributed by atoms with Gasteiger partial charge in [0.1, 0.15) is 12.0 Å². The lowest BCUT2D eigenvalue weighted by Gasteiger charge is -2.59. The van der Waals surface area contributed by atoms with E-state index in [9.17, 15) is 9.59 Å². The number of hydrogen-bond acceptors (Lipinski definition) is 3. The number of benzene rings is 1. The average molecular weight is 480 g/mol. The Kier molecular flexibility index (Phi) is 5.60. The van der Waals surface area contributed by atoms with Crippen molar-refractivity contribution in [1.29, 1.82) is 5.26 Å². The summed E-state index contributed by atoms with van der Waals surface area (Å²) in [7, 11) is 1.85. The highest BCUT2D eigenvalue weighted by Crippen LogP contribution is 2.65. The normalized spacial score (nSPS) is 36.9. The van der Waals surface area contributed by atoms with Crippen LogP contribution in [0.3, 0.4) is 0 Å². The van der Waals surface area contributed by atoms with Gasteiger partial charge in [0.15, 0.2) is 0 Å². The van der Waals surface area contributed by atoms with Crippen LogP contribution in [0, 0.1) is 45.8 Å². The first kappa shape index (κ1) is 23.4. The minimum atomic E-state index is -0.739. The standard InChI is InChI=1S/C28H34ClN3O2/c1-16-12-19-21-6-5-10-27(21,2)11-9-22(19)28(3)14-20(26(34)32(4)24(16)28)25(33)31-18-8-7-17(15-30)23(29)13-18/h7-8,13,19-22H,5-6,9-12,14H2,1-4H3,(H,31,33)/t19-,20?,21-,22+,27-,28+/m0/s1. The minimum Gasteiger partial charge on any atom is -0.325 e. The highest BCUT2D eigenvalue weighted by Gasteiger charge is 2.60. The molecule has 6 atom stereocenters. The lowest BCUT2D eigenvalue weighted by molar-refractivity contribution is -0.147. The number of fused-ring (bicyclic) bond motifs is 5. The van der Waals surface area contributed by atoms with Crippen molar-refractivity contribution < 1.29 is 9.59 Å². The molecule has 1 saturated heterocycles. The van der Waals surface area contributed by atoms with E-state index in [1.807, 2.05) is 13.1 Å². The van der Waals surface area contributed by atoms with Crippen LogP contribution in [0.1, 0.15) is 71.3 Å². The predicted molar refractivity (Wildman–Crippen MR) is 133 cm³/mol. The van der Waals surface area contributed by atoms with Gasteiger partial charge in [-0.05, 0) is 86.8 Å². The number of rotatable bonds is 2. The Hall–Kier alpha value is -2.32. The second-order valence-corrected chi connectivity index (χ2v) is 12.1. The molecular formula is C28H34ClN3O2. The first-order valence-electron chi connectivity index (χ1n) is 12.6. The maximum absolute atomic E-state index is 13.4. The Labute approximate surface area is 207 Å². The molecule has 3 fully saturated rings. The molecular weight excluding hydrogens is 446 g/mol. The van der Waals surface area contributed by atoms with Gasteiger partial charge < -0.3 is 10.2 Å². The van der Waals surface area contributed by atoms with Gasteiger partial charge in [0.05, 0.1) is 10.6 Å². The SMILES string of the molecule is CC1=C2N(C)C(=O)C(C(=O)Nc3ccc(C#N)c(Cl)c3)C[C@]2(C)[C@@H]2CC[C@]3(C)CCC[C@H]3[C@@H]2C1. The van der Waals surface area contributed by atoms with Crippen molar-refractivity contribution in [2.24, 2.45) is 34.5 Å². The van der Waals surface area contributed by atoms with Gasteiger partial charge in [0, 0.05) is 23.8 Å². The zero-order valence-electron chi connectivity index (χ0n) is 20.6. The van der Waals surface area contributed by atoms with E-state index in [2.05, 4.69) is 26.1 Å². The van der Waals surface area contributed by atoms with Crippen LogP contribution in [0.25, 0.3) is 0 Å². The molecule has 6 heteroatoms. The van der Waals surface area contributed by atoms with Crippen molar-refractivity contribution in [3.8, 4) is 6.07 Å². The third-order valence-corrected chi connectivity index (χ3v) is 10.1. The number of anilines is 1. The summed E-state index contributed by atoms with van der Waals surface area (Å²) in [6.45, 7) is 7.00. The van der Waals surface area contributed by atoms with Crippen LogP contribution in [0.4, 0.5) is 5.69 Å². The molecule has 1 aromatic rings. The molecule has 1 N–H and O–H groups in total. The van der Waals surface area contributed by atoms with Crippen molar-refractivity contribution >= 4 is 29.1 Å². The molecule has 2 amide bonds. The molecule has 0 aromatic heterocycles. The number of amides is 2. The molecule has 5 rings (SSSR count). The van der Waals surface area contributed by atoms with Gasteiger partial charge in [0.25, 0.3) is 0 Å². The zero-order valence-corrected chi connectivity index (χ0v) is 21.3. The molecule has 0 bridgehead atoms. The summed E-state index contributed by atoms with van der Waals surface area (Å²) < 4.78 is 0. The molecule has 1 aromatic carbocycles. The quantitative estimate of drug-likeness (QED) is 0.517. The lowest BCUT2D eigenvalue weighted by Crippen LogP contribution is -2.57. The fourth-order valence-electron chi connectivity index (χ4n) is 8.36. The number of allylic oxidation sites excluding steroid dienone is 2. The number of carbonyl (C=O) groups is 2. The van der Waals surface area contributed by atoms with E-state index in [4.69, 9.17) is 16.9 Å². The van der Waals surface area contributed by atoms with E-state index in [1.54, 1.807) is 23.1 Å². The van der Waals surface area contributed by atoms with E-state index in [-0.39, 0.29) is 22.3 Å². The van der Waals surface area contributed by atoms with E-state index in [1.165, 1.54) is 37.7 Å². The first-order chi connectivity index (χ1) is 16.1. The Balaban J connectivity index is 1.46. The zero-order chi connectivity index (χ0) is 24.4. The number of nitriles is 1. The van der Waals surface area contributed by atoms with Crippen LogP contribution in [-0.2, 0) is 9.59 Å². The number of piperidine rings is 1. The Morgan fingerprint density at radius 2 is 2.00 bits per heavy atom. The second-order valence-electron chi connectivity index (χ2n) is 11.7. The monoisotopic (exact) mass is 479 g/mol. The minimum absolute atomic E-state index is 0.135. The van der Waals surface area contributed by atoms with Crippen LogP contribution in [0.15, 0.2) is 29.5 Å². The van der Waals surface area contributed by atoms with Crippen molar-refractivity contribution in [3.05, 3.63) is 40.1 Å². The number of likely N-dealkylation sites (tertiary alicyclic amines) is 1. The van der Waals surface area contributed by atoms with Crippen molar-refractivity contribution in [2.75, 3.05) is 12.4 Å². The summed E-state index contributed by atoms with van der Waals surface area (Å²) >= 11 is 6.16. The van der Waals surface area contributed by atoms with Crippen molar-refractivity contribution in [1.82, 2.24) is 4.90 Å². The number of hydrogen-bond donors (Lipinski definition) is 1. The molecule has 2 saturated carbocycles. The van der Waals surface area contributed by atoms with Gasteiger partial charge in [-0.1, -0.05) is 37.4 Å². The highest BCUT2D eigenvalue weighted by molar-refractivity contribution is 6.32. The third-order valence-electron chi connectivity index (χ3n) is 9.79. The van der Waals surface area contributed by atoms with Crippen LogP contribution >= 0.6 is 11.6 Å². The Bertz CT molecular complexity index is 1140. The summed E-state index contributed by atoms with van der Waals surface area (Å²) in [4.78, 5) is 28.6. The predicted octanol–water partition coefficient (Wildman–Crippen LogP) is 6.15. The molecule has 1 unspecified atom stereocenters. The molecule has 4 aliphatic rings. The number of nitrogens with one attached hydrogen (secondary N) is 1. The van der Waals surface area contributed by atoms with Crippen LogP contribution in [0.2, 0.25) is 5.02 Å². The molecule has 180 valence electrons. The molecule has 0 spiro atoms. The van der Waals surface area contributed by atoms with Gasteiger partial charge in [-0.3, -0.25) is 9.59 Å². The Morgan fingerprint density at radius 3 is 2.71 bits per heavy atom. The summed E-state index contributed by atoms with van der Waals surface area (Å²) in [6.07, 6.45) is 8.02. The summed E-state index contributed by atoms with van der Waals surface area (Å²) in [6, 6.07) is 6.85. The van der Waals surface area contributed by atoms with Crippen molar-refractivity contribution in [2.45, 2.75) is 65.7 Å². The summed E-state index contributed by atoms with van der Waals surface area (Å²) in [5.41, 5.74) is 3.61. The van der Waals surface area contributed by atoms with Gasteiger partial charge in [0.2, 0.25) is 11.8 Å². The van der Waals surface area contributed by atoms with E-state index < -0.39 is 5.92 Å². The number of nitrogens with zero attached hydrogens (tertiary/aromatic N) is 2. The molecule has 3 aliphatic carbocycles. The maximum atomic E-state index is 13.4. The fraction of sp³-hybridized carbons (Fsp3) is 0.607. The lowest BCUT2D eigenvalue weighted by atomic mass is 9.48. The largest absolute Gasteiger partial charge is 0.325 e. The average Bonchev–Trinajstić information content (AvgIpc) is 3.18. The van der Waals surface area contributed by atoms with Gasteiger partial charge >= 0.3 is 0 Å². The Morgan fingerprint density at radius 1 is 1.24 bits per heavy atom. The number of halogens is 1. The van der Waals surface area contributed by atoms with E-state index in [0.29, 0.717) is 34.9 Å². The van der Waals surface area contributed by atoms with E-state index in [0.717, 1.165) is 18.0 Å². The molecule has 34 heavy (non-hydrogen) atoms. The second kappa shape index (κ2) is 8.12. The number of carbonyl (C=O) groups excluding carboxylic acids is 2. The summed E-state index contributed by atoms with van der Waals surface area (Å²) in [5.74, 6) is 0.714. The maximum Gasteiger partial charge on any atom is 0.239 e. The smallest absolute Gasteiger partial charge is 0.239 e. The highest BCUT2D eigenvalue weighted by atomic mass is 35.5. The van der Waals surface area contributed by atoms with Gasteiger partial charge in [-0.15, -0.1) is 0 Å². The molecule has 0 radical (unpaired) electrons. The molecule has 1 aliphatic heterocycles. The van der Waals surface area contributed by atoms with Crippen LogP contribution in [0.5, 0.6) is 0 Å². The van der Waals surface area contributed by atoms with Crippen LogP contribution in [-0.4, -0.2) is 23.8 Å². The van der Waals surface area contributed by atoms with Gasteiger partial charge in [-0.25, -0.2) is 0 Å². The van der Waals surface area contributed by atoms with Crippen molar-refractivity contribution in [3.63, 3.8) is 0 Å². The molecule has 5 nitrogen and oxygen atoms in total. The molecule has 1 heterocycles.